The number of nitrogens with zero attached hydrogens (tertiary/aromatic N) is 3. The second-order valence-corrected chi connectivity index (χ2v) is 7.21. The summed E-state index contributed by atoms with van der Waals surface area (Å²) in [6.45, 7) is 5.32. The van der Waals surface area contributed by atoms with E-state index in [1.807, 2.05) is 34.4 Å². The summed E-state index contributed by atoms with van der Waals surface area (Å²) < 4.78 is 1.97. The number of hydrazine groups is 1. The van der Waals surface area contributed by atoms with E-state index in [2.05, 4.69) is 29.6 Å². The fourth-order valence-corrected chi connectivity index (χ4v) is 5.17. The third kappa shape index (κ3) is 3.01. The summed E-state index contributed by atoms with van der Waals surface area (Å²) in [5.41, 5.74) is 4.07. The molecule has 0 aromatic carbocycles. The Hall–Kier alpha value is -0.240. The highest BCUT2D eigenvalue weighted by molar-refractivity contribution is 8.07. The van der Waals surface area contributed by atoms with E-state index in [-0.39, 0.29) is 6.04 Å². The lowest BCUT2D eigenvalue weighted by atomic mass is 10.1. The summed E-state index contributed by atoms with van der Waals surface area (Å²) >= 11 is 4.02. The number of hydrogen-bond acceptors (Lipinski definition) is 6. The standard InChI is InChI=1S/C11H21N5S2/c1-3-4-16-9(7-13-15-16)10(14-12)11-8(2)17-5-6-18-11/h7-8,10-11,14H,3-6,12H2,1-2H3. The van der Waals surface area contributed by atoms with Gasteiger partial charge in [0.05, 0.1) is 17.9 Å². The number of hydrogen-bond donors (Lipinski definition) is 2. The second kappa shape index (κ2) is 6.79. The van der Waals surface area contributed by atoms with Gasteiger partial charge in [0, 0.05) is 28.6 Å². The fourth-order valence-electron chi connectivity index (χ4n) is 2.26. The maximum atomic E-state index is 5.78. The Morgan fingerprint density at radius 1 is 1.56 bits per heavy atom. The first-order valence-electron chi connectivity index (χ1n) is 6.35. The van der Waals surface area contributed by atoms with Crippen LogP contribution in [0.1, 0.15) is 32.0 Å². The highest BCUT2D eigenvalue weighted by Gasteiger charge is 2.32. The van der Waals surface area contributed by atoms with Crippen LogP contribution in [0.25, 0.3) is 0 Å². The van der Waals surface area contributed by atoms with Crippen LogP contribution in [0.2, 0.25) is 0 Å². The molecule has 3 atom stereocenters. The number of nitrogens with two attached hydrogens (primary N) is 1. The normalized spacial score (nSPS) is 26.2. The second-order valence-electron chi connectivity index (χ2n) is 4.44. The van der Waals surface area contributed by atoms with Gasteiger partial charge in [-0.2, -0.15) is 23.5 Å². The smallest absolute Gasteiger partial charge is 0.0781 e. The number of nitrogens with one attached hydrogen (secondary N) is 1. The Morgan fingerprint density at radius 3 is 3.00 bits per heavy atom. The van der Waals surface area contributed by atoms with Crippen LogP contribution in [0.3, 0.4) is 0 Å². The highest BCUT2D eigenvalue weighted by Crippen LogP contribution is 2.38. The molecule has 0 radical (unpaired) electrons. The molecule has 0 spiro atoms. The predicted octanol–water partition coefficient (Wildman–Crippen LogP) is 1.43. The van der Waals surface area contributed by atoms with Gasteiger partial charge < -0.3 is 0 Å². The summed E-state index contributed by atoms with van der Waals surface area (Å²) in [4.78, 5) is 0. The Kier molecular flexibility index (Phi) is 5.35. The molecule has 18 heavy (non-hydrogen) atoms. The summed E-state index contributed by atoms with van der Waals surface area (Å²) in [6, 6.07) is 0.124. The van der Waals surface area contributed by atoms with Crippen molar-refractivity contribution in [3.63, 3.8) is 0 Å². The van der Waals surface area contributed by atoms with Crippen LogP contribution < -0.4 is 11.3 Å². The van der Waals surface area contributed by atoms with E-state index in [4.69, 9.17) is 5.84 Å². The van der Waals surface area contributed by atoms with Gasteiger partial charge in [0.2, 0.25) is 0 Å². The van der Waals surface area contributed by atoms with Crippen molar-refractivity contribution in [1.29, 1.82) is 0 Å². The van der Waals surface area contributed by atoms with Crippen LogP contribution >= 0.6 is 23.5 Å². The van der Waals surface area contributed by atoms with Crippen LogP contribution in [-0.4, -0.2) is 37.0 Å². The Morgan fingerprint density at radius 2 is 2.33 bits per heavy atom. The first-order chi connectivity index (χ1) is 8.77. The zero-order chi connectivity index (χ0) is 13.0. The Labute approximate surface area is 117 Å². The lowest BCUT2D eigenvalue weighted by molar-refractivity contribution is 0.462. The lowest BCUT2D eigenvalue weighted by Gasteiger charge is -2.33. The molecule has 1 aliphatic rings. The van der Waals surface area contributed by atoms with Gasteiger partial charge in [-0.3, -0.25) is 11.3 Å². The zero-order valence-electron chi connectivity index (χ0n) is 10.9. The minimum atomic E-state index is 0.124. The van der Waals surface area contributed by atoms with E-state index in [0.29, 0.717) is 10.5 Å². The maximum absolute atomic E-state index is 5.78. The van der Waals surface area contributed by atoms with Crippen molar-refractivity contribution in [1.82, 2.24) is 20.4 Å². The van der Waals surface area contributed by atoms with Gasteiger partial charge in [0.15, 0.2) is 0 Å². The molecule has 102 valence electrons. The average Bonchev–Trinajstić information content (AvgIpc) is 2.82. The third-order valence-corrected chi connectivity index (χ3v) is 6.34. The van der Waals surface area contributed by atoms with E-state index in [9.17, 15) is 0 Å². The topological polar surface area (TPSA) is 68.8 Å². The van der Waals surface area contributed by atoms with Crippen molar-refractivity contribution >= 4 is 23.5 Å². The lowest BCUT2D eigenvalue weighted by Crippen LogP contribution is -2.42. The van der Waals surface area contributed by atoms with Gasteiger partial charge in [-0.05, 0) is 6.42 Å². The van der Waals surface area contributed by atoms with Gasteiger partial charge in [0.25, 0.3) is 0 Å². The van der Waals surface area contributed by atoms with Crippen molar-refractivity contribution < 1.29 is 0 Å². The van der Waals surface area contributed by atoms with E-state index in [1.165, 1.54) is 11.5 Å². The maximum Gasteiger partial charge on any atom is 0.0781 e. The fraction of sp³-hybridized carbons (Fsp3) is 0.818. The van der Waals surface area contributed by atoms with E-state index < -0.39 is 0 Å². The van der Waals surface area contributed by atoms with Gasteiger partial charge in [-0.1, -0.05) is 19.1 Å². The third-order valence-electron chi connectivity index (χ3n) is 3.15. The molecule has 2 rings (SSSR count). The molecule has 1 fully saturated rings. The quantitative estimate of drug-likeness (QED) is 0.631. The predicted molar refractivity (Wildman–Crippen MR) is 78.5 cm³/mol. The molecular formula is C11H21N5S2. The first kappa shape index (κ1) is 14.2. The zero-order valence-corrected chi connectivity index (χ0v) is 12.5. The van der Waals surface area contributed by atoms with Crippen molar-refractivity contribution in [2.45, 2.75) is 43.4 Å². The average molecular weight is 287 g/mol. The molecule has 0 bridgehead atoms. The molecule has 3 N–H and O–H groups in total. The van der Waals surface area contributed by atoms with E-state index in [0.717, 1.165) is 18.7 Å². The minimum absolute atomic E-state index is 0.124. The van der Waals surface area contributed by atoms with E-state index >= 15 is 0 Å². The molecule has 0 saturated carbocycles. The highest BCUT2D eigenvalue weighted by atomic mass is 32.2. The summed E-state index contributed by atoms with van der Waals surface area (Å²) in [6.07, 6.45) is 2.89. The molecule has 7 heteroatoms. The molecular weight excluding hydrogens is 266 g/mol. The van der Waals surface area contributed by atoms with Gasteiger partial charge in [0.1, 0.15) is 0 Å². The molecule has 2 heterocycles. The molecule has 1 aromatic rings. The number of thioether (sulfide) groups is 2. The molecule has 1 aliphatic heterocycles. The Bertz CT molecular complexity index is 370. The molecule has 0 aliphatic carbocycles. The number of rotatable bonds is 5. The van der Waals surface area contributed by atoms with Crippen LogP contribution in [0, 0.1) is 0 Å². The molecule has 3 unspecified atom stereocenters. The van der Waals surface area contributed by atoms with Crippen LogP contribution in [0.4, 0.5) is 0 Å². The van der Waals surface area contributed by atoms with Crippen LogP contribution in [0.15, 0.2) is 6.20 Å². The summed E-state index contributed by atoms with van der Waals surface area (Å²) in [7, 11) is 0. The monoisotopic (exact) mass is 287 g/mol. The number of aryl methyl sites for hydroxylation is 1. The van der Waals surface area contributed by atoms with Gasteiger partial charge in [-0.25, -0.2) is 4.68 Å². The summed E-state index contributed by atoms with van der Waals surface area (Å²) in [5.74, 6) is 8.20. The van der Waals surface area contributed by atoms with E-state index in [1.54, 1.807) is 0 Å². The van der Waals surface area contributed by atoms with Crippen molar-refractivity contribution in [2.24, 2.45) is 5.84 Å². The van der Waals surface area contributed by atoms with Crippen LogP contribution in [-0.2, 0) is 6.54 Å². The van der Waals surface area contributed by atoms with Crippen molar-refractivity contribution in [3.8, 4) is 0 Å². The first-order valence-corrected chi connectivity index (χ1v) is 8.45. The minimum Gasteiger partial charge on any atom is -0.271 e. The largest absolute Gasteiger partial charge is 0.271 e. The molecule has 0 amide bonds. The summed E-state index contributed by atoms with van der Waals surface area (Å²) in [5, 5.41) is 9.25. The van der Waals surface area contributed by atoms with Gasteiger partial charge >= 0.3 is 0 Å². The Balaban J connectivity index is 2.18. The molecule has 1 aromatic heterocycles. The van der Waals surface area contributed by atoms with Gasteiger partial charge in [-0.15, -0.1) is 5.10 Å². The van der Waals surface area contributed by atoms with Crippen molar-refractivity contribution in [3.05, 3.63) is 11.9 Å². The number of aromatic nitrogens is 3. The van der Waals surface area contributed by atoms with Crippen LogP contribution in [0.5, 0.6) is 0 Å². The van der Waals surface area contributed by atoms with Crippen molar-refractivity contribution in [2.75, 3.05) is 11.5 Å². The SMILES string of the molecule is CCCn1nncc1C(NN)C1SCCSC1C. The molecule has 1 saturated heterocycles. The molecule has 5 nitrogen and oxygen atoms in total.